The summed E-state index contributed by atoms with van der Waals surface area (Å²) in [5.41, 5.74) is 0.906. The Balaban J connectivity index is 1.70. The molecule has 0 saturated carbocycles. The van der Waals surface area contributed by atoms with E-state index in [1.54, 1.807) is 6.07 Å². The molecule has 9 heteroatoms. The van der Waals surface area contributed by atoms with Crippen molar-refractivity contribution in [3.05, 3.63) is 65.2 Å². The number of imide groups is 1. The van der Waals surface area contributed by atoms with Crippen LogP contribution in [0.5, 0.6) is 0 Å². The maximum atomic E-state index is 12.5. The average molecular weight is 384 g/mol. The lowest BCUT2D eigenvalue weighted by molar-refractivity contribution is -0.256. The second-order valence-electron chi connectivity index (χ2n) is 5.69. The molecular weight excluding hydrogens is 372 g/mol. The van der Waals surface area contributed by atoms with Crippen molar-refractivity contribution in [2.75, 3.05) is 5.32 Å². The zero-order valence-electron chi connectivity index (χ0n) is 13.7. The number of hydrogen-bond donors (Lipinski definition) is 1. The minimum atomic E-state index is -1.35. The molecule has 0 aliphatic carbocycles. The molecule has 0 unspecified atom stereocenters. The van der Waals surface area contributed by atoms with Crippen molar-refractivity contribution < 1.29 is 29.4 Å². The molecule has 0 radical (unpaired) electrons. The normalized spacial score (nSPS) is 16.4. The number of benzene rings is 2. The van der Waals surface area contributed by atoms with E-state index in [-0.39, 0.29) is 17.7 Å². The molecule has 1 aliphatic heterocycles. The molecule has 3 rings (SSSR count). The third kappa shape index (κ3) is 4.09. The van der Waals surface area contributed by atoms with Gasteiger partial charge in [0.15, 0.2) is 5.37 Å². The highest BCUT2D eigenvalue weighted by Gasteiger charge is 2.39. The van der Waals surface area contributed by atoms with Crippen molar-refractivity contribution in [3.8, 4) is 0 Å². The molecule has 138 valence electrons. The Labute approximate surface area is 157 Å². The van der Waals surface area contributed by atoms with E-state index in [1.807, 2.05) is 0 Å². The van der Waals surface area contributed by atoms with Gasteiger partial charge in [-0.05, 0) is 40.6 Å². The maximum Gasteiger partial charge on any atom is 0.291 e. The van der Waals surface area contributed by atoms with Crippen molar-refractivity contribution in [2.45, 2.75) is 11.9 Å². The molecule has 2 amide bonds. The Morgan fingerprint density at radius 2 is 1.67 bits per heavy atom. The lowest BCUT2D eigenvalue weighted by Crippen LogP contribution is -2.34. The fourth-order valence-corrected chi connectivity index (χ4v) is 3.40. The van der Waals surface area contributed by atoms with E-state index in [9.17, 15) is 29.4 Å². The van der Waals surface area contributed by atoms with Crippen LogP contribution >= 0.6 is 11.8 Å². The third-order valence-corrected chi connectivity index (χ3v) is 4.83. The van der Waals surface area contributed by atoms with E-state index in [2.05, 4.69) is 5.32 Å². The highest BCUT2D eigenvalue weighted by Crippen LogP contribution is 2.29. The molecule has 0 aromatic heterocycles. The van der Waals surface area contributed by atoms with Crippen LogP contribution in [0.15, 0.2) is 48.5 Å². The molecule has 1 saturated heterocycles. The van der Waals surface area contributed by atoms with Gasteiger partial charge in [-0.25, -0.2) is 0 Å². The molecule has 2 aromatic carbocycles. The second kappa shape index (κ2) is 7.50. The van der Waals surface area contributed by atoms with E-state index in [0.717, 1.165) is 16.7 Å². The number of carboxylic acids is 2. The van der Waals surface area contributed by atoms with Gasteiger partial charge in [-0.2, -0.15) is 0 Å². The fourth-order valence-electron chi connectivity index (χ4n) is 2.50. The number of anilines is 1. The Hall–Kier alpha value is -3.33. The standard InChI is InChI=1S/C18H14N2O6S/c21-15-14(19-13-3-1-2-12(8-13)17(24)25)27-18(26)20(15)9-10-4-6-11(7-5-10)16(22)23/h1-8,14,19H,9H2,(H,22,23)(H,24,25)/p-2/t14-/m0/s1. The maximum absolute atomic E-state index is 12.5. The number of carbonyl (C=O) groups is 4. The summed E-state index contributed by atoms with van der Waals surface area (Å²) in [6.45, 7) is -0.00470. The summed E-state index contributed by atoms with van der Waals surface area (Å²) in [7, 11) is 0. The Kier molecular flexibility index (Phi) is 5.13. The Morgan fingerprint density at radius 1 is 1.00 bits per heavy atom. The third-order valence-electron chi connectivity index (χ3n) is 3.86. The highest BCUT2D eigenvalue weighted by atomic mass is 32.2. The van der Waals surface area contributed by atoms with Crippen LogP contribution in [0.4, 0.5) is 10.5 Å². The summed E-state index contributed by atoms with van der Waals surface area (Å²) in [5, 5.41) is 23.2. The predicted molar refractivity (Wildman–Crippen MR) is 92.5 cm³/mol. The van der Waals surface area contributed by atoms with Crippen molar-refractivity contribution in [1.29, 1.82) is 0 Å². The fraction of sp³-hybridized carbons (Fsp3) is 0.111. The number of thioether (sulfide) groups is 1. The SMILES string of the molecule is O=C([O-])c1ccc(CN2C(=O)S[C@H](Nc3cccc(C(=O)[O-])c3)C2=O)cc1. The first-order valence-corrected chi connectivity index (χ1v) is 8.63. The molecule has 1 fully saturated rings. The zero-order chi connectivity index (χ0) is 19.6. The monoisotopic (exact) mass is 384 g/mol. The molecule has 0 bridgehead atoms. The van der Waals surface area contributed by atoms with Crippen LogP contribution in [0.25, 0.3) is 0 Å². The van der Waals surface area contributed by atoms with Crippen LogP contribution in [0, 0.1) is 0 Å². The second-order valence-corrected chi connectivity index (χ2v) is 6.74. The Morgan fingerprint density at radius 3 is 2.30 bits per heavy atom. The van der Waals surface area contributed by atoms with Gasteiger partial charge in [0.1, 0.15) is 0 Å². The zero-order valence-corrected chi connectivity index (χ0v) is 14.5. The molecule has 1 N–H and O–H groups in total. The summed E-state index contributed by atoms with van der Waals surface area (Å²) < 4.78 is 0. The largest absolute Gasteiger partial charge is 0.545 e. The number of rotatable bonds is 6. The predicted octanol–water partition coefficient (Wildman–Crippen LogP) is 0.0472. The number of amides is 2. The lowest BCUT2D eigenvalue weighted by atomic mass is 10.1. The number of hydrogen-bond acceptors (Lipinski definition) is 8. The van der Waals surface area contributed by atoms with Gasteiger partial charge < -0.3 is 25.1 Å². The van der Waals surface area contributed by atoms with Crippen LogP contribution in [0.2, 0.25) is 0 Å². The van der Waals surface area contributed by atoms with Crippen LogP contribution in [0.1, 0.15) is 26.3 Å². The smallest absolute Gasteiger partial charge is 0.291 e. The molecule has 1 heterocycles. The molecule has 27 heavy (non-hydrogen) atoms. The van der Waals surface area contributed by atoms with Crippen molar-refractivity contribution in [3.63, 3.8) is 0 Å². The lowest BCUT2D eigenvalue weighted by Gasteiger charge is -2.16. The topological polar surface area (TPSA) is 130 Å². The Bertz CT molecular complexity index is 928. The van der Waals surface area contributed by atoms with Crippen molar-refractivity contribution in [1.82, 2.24) is 4.90 Å². The van der Waals surface area contributed by atoms with Gasteiger partial charge in [0.2, 0.25) is 0 Å². The minimum Gasteiger partial charge on any atom is -0.545 e. The van der Waals surface area contributed by atoms with Gasteiger partial charge in [0.25, 0.3) is 11.1 Å². The molecule has 1 aliphatic rings. The highest BCUT2D eigenvalue weighted by molar-refractivity contribution is 8.15. The van der Waals surface area contributed by atoms with Gasteiger partial charge >= 0.3 is 0 Å². The van der Waals surface area contributed by atoms with E-state index in [0.29, 0.717) is 11.3 Å². The molecule has 1 atom stereocenters. The summed E-state index contributed by atoms with van der Waals surface area (Å²) >= 11 is 0.777. The van der Waals surface area contributed by atoms with Gasteiger partial charge in [-0.1, -0.05) is 36.4 Å². The molecule has 0 spiro atoms. The van der Waals surface area contributed by atoms with Crippen molar-refractivity contribution >= 4 is 40.5 Å². The van der Waals surface area contributed by atoms with E-state index in [4.69, 9.17) is 0 Å². The number of carboxylic acid groups (broad SMARTS) is 2. The first-order chi connectivity index (χ1) is 12.8. The first kappa shape index (κ1) is 18.5. The molecule has 8 nitrogen and oxygen atoms in total. The summed E-state index contributed by atoms with van der Waals surface area (Å²) in [6.07, 6.45) is 0. The average Bonchev–Trinajstić information content (AvgIpc) is 2.90. The van der Waals surface area contributed by atoms with Crippen LogP contribution < -0.4 is 15.5 Å². The van der Waals surface area contributed by atoms with Gasteiger partial charge in [-0.3, -0.25) is 14.5 Å². The number of aromatic carboxylic acids is 2. The summed E-state index contributed by atoms with van der Waals surface area (Å²) in [4.78, 5) is 47.4. The van der Waals surface area contributed by atoms with E-state index >= 15 is 0 Å². The van der Waals surface area contributed by atoms with Gasteiger partial charge in [0.05, 0.1) is 18.5 Å². The summed E-state index contributed by atoms with van der Waals surface area (Å²) in [6, 6.07) is 11.4. The van der Waals surface area contributed by atoms with E-state index in [1.165, 1.54) is 42.5 Å². The first-order valence-electron chi connectivity index (χ1n) is 7.75. The van der Waals surface area contributed by atoms with Crippen LogP contribution in [-0.2, 0) is 11.3 Å². The van der Waals surface area contributed by atoms with Gasteiger partial charge in [0, 0.05) is 5.69 Å². The number of nitrogens with one attached hydrogen (secondary N) is 1. The minimum absolute atomic E-state index is 0.000421. The summed E-state index contributed by atoms with van der Waals surface area (Å²) in [5.74, 6) is -3.14. The van der Waals surface area contributed by atoms with Crippen molar-refractivity contribution in [2.24, 2.45) is 0 Å². The quantitative estimate of drug-likeness (QED) is 0.739. The molecule has 2 aromatic rings. The van der Waals surface area contributed by atoms with Gasteiger partial charge in [-0.15, -0.1) is 0 Å². The van der Waals surface area contributed by atoms with E-state index < -0.39 is 28.5 Å². The molecular formula is C18H12N2O6S-2. The number of carbonyl (C=O) groups excluding carboxylic acids is 4. The number of nitrogens with zero attached hydrogens (tertiary/aromatic N) is 1. The van der Waals surface area contributed by atoms with Crippen LogP contribution in [0.3, 0.4) is 0 Å². The van der Waals surface area contributed by atoms with Crippen LogP contribution in [-0.4, -0.2) is 33.4 Å².